The summed E-state index contributed by atoms with van der Waals surface area (Å²) in [6.07, 6.45) is 0. The van der Waals surface area contributed by atoms with Gasteiger partial charge in [-0.1, -0.05) is 66.6 Å². The van der Waals surface area contributed by atoms with Crippen molar-refractivity contribution in [3.05, 3.63) is 107 Å². The summed E-state index contributed by atoms with van der Waals surface area (Å²) >= 11 is 0. The first-order chi connectivity index (χ1) is 11.9. The van der Waals surface area contributed by atoms with E-state index in [4.69, 9.17) is 0 Å². The van der Waals surface area contributed by atoms with Gasteiger partial charge in [0, 0.05) is 22.6 Å². The average molecular weight is 308 g/mol. The van der Waals surface area contributed by atoms with Crippen LogP contribution in [0.4, 0.5) is 0 Å². The Hall–Kier alpha value is -3.11. The van der Waals surface area contributed by atoms with Gasteiger partial charge in [-0.15, -0.1) is 0 Å². The Morgan fingerprint density at radius 3 is 1.83 bits per heavy atom. The van der Waals surface area contributed by atoms with Gasteiger partial charge in [0.15, 0.2) is 13.1 Å². The number of benzene rings is 3. The van der Waals surface area contributed by atoms with Crippen molar-refractivity contribution in [2.45, 2.75) is 13.1 Å². The Kier molecular flexibility index (Phi) is 3.96. The van der Waals surface area contributed by atoms with Crippen LogP contribution in [0.1, 0.15) is 22.3 Å². The summed E-state index contributed by atoms with van der Waals surface area (Å²) in [5.74, 6) is 6.74. The first-order valence-corrected chi connectivity index (χ1v) is 8.21. The SMILES string of the molecule is C(#Cc1ccccc1)C(c1ccccc1)=[N+]1Cc2ccccc2C1. The van der Waals surface area contributed by atoms with Crippen LogP contribution in [0.5, 0.6) is 0 Å². The lowest BCUT2D eigenvalue weighted by Gasteiger charge is -2.00. The zero-order valence-corrected chi connectivity index (χ0v) is 13.4. The third-order valence-electron chi connectivity index (χ3n) is 4.30. The van der Waals surface area contributed by atoms with E-state index in [9.17, 15) is 0 Å². The molecule has 0 unspecified atom stereocenters. The Morgan fingerprint density at radius 1 is 0.667 bits per heavy atom. The minimum atomic E-state index is 0.921. The van der Waals surface area contributed by atoms with Crippen LogP contribution in [0.25, 0.3) is 0 Å². The zero-order chi connectivity index (χ0) is 16.2. The van der Waals surface area contributed by atoms with E-state index in [0.717, 1.165) is 24.4 Å². The quantitative estimate of drug-likeness (QED) is 0.467. The van der Waals surface area contributed by atoms with Crippen LogP contribution in [0, 0.1) is 11.8 Å². The second-order valence-corrected chi connectivity index (χ2v) is 5.96. The van der Waals surface area contributed by atoms with Gasteiger partial charge in [0.2, 0.25) is 0 Å². The molecule has 3 aromatic rings. The maximum atomic E-state index is 3.42. The Labute approximate surface area is 142 Å². The molecule has 1 nitrogen and oxygen atoms in total. The maximum absolute atomic E-state index is 3.42. The molecule has 114 valence electrons. The molecule has 24 heavy (non-hydrogen) atoms. The fourth-order valence-corrected chi connectivity index (χ4v) is 3.07. The summed E-state index contributed by atoms with van der Waals surface area (Å²) in [7, 11) is 0. The topological polar surface area (TPSA) is 3.01 Å². The average Bonchev–Trinajstić information content (AvgIpc) is 3.07. The summed E-state index contributed by atoms with van der Waals surface area (Å²) < 4.78 is 2.37. The van der Waals surface area contributed by atoms with Crippen LogP contribution in [0.3, 0.4) is 0 Å². The Balaban J connectivity index is 1.79. The van der Waals surface area contributed by atoms with E-state index >= 15 is 0 Å². The van der Waals surface area contributed by atoms with Gasteiger partial charge in [-0.05, 0) is 24.3 Å². The monoisotopic (exact) mass is 308 g/mol. The van der Waals surface area contributed by atoms with Crippen molar-refractivity contribution in [1.29, 1.82) is 0 Å². The molecule has 0 saturated heterocycles. The van der Waals surface area contributed by atoms with Gasteiger partial charge in [-0.25, -0.2) is 4.58 Å². The van der Waals surface area contributed by atoms with Crippen molar-refractivity contribution >= 4 is 5.71 Å². The Bertz CT molecular complexity index is 914. The lowest BCUT2D eigenvalue weighted by Crippen LogP contribution is -2.16. The first kappa shape index (κ1) is 14.5. The van der Waals surface area contributed by atoms with E-state index in [1.54, 1.807) is 0 Å². The molecule has 4 rings (SSSR count). The van der Waals surface area contributed by atoms with Crippen LogP contribution in [0.15, 0.2) is 84.9 Å². The predicted molar refractivity (Wildman–Crippen MR) is 98.0 cm³/mol. The van der Waals surface area contributed by atoms with E-state index in [-0.39, 0.29) is 0 Å². The van der Waals surface area contributed by atoms with Crippen molar-refractivity contribution in [1.82, 2.24) is 0 Å². The molecule has 0 amide bonds. The number of hydrogen-bond acceptors (Lipinski definition) is 0. The van der Waals surface area contributed by atoms with Crippen LogP contribution < -0.4 is 0 Å². The highest BCUT2D eigenvalue weighted by Gasteiger charge is 2.25. The van der Waals surface area contributed by atoms with Crippen molar-refractivity contribution < 1.29 is 4.58 Å². The van der Waals surface area contributed by atoms with Gasteiger partial charge in [0.1, 0.15) is 0 Å². The van der Waals surface area contributed by atoms with Crippen molar-refractivity contribution in [2.75, 3.05) is 0 Å². The highest BCUT2D eigenvalue weighted by Crippen LogP contribution is 2.20. The fourth-order valence-electron chi connectivity index (χ4n) is 3.07. The van der Waals surface area contributed by atoms with E-state index in [1.165, 1.54) is 16.7 Å². The van der Waals surface area contributed by atoms with E-state index in [2.05, 4.69) is 64.9 Å². The summed E-state index contributed by atoms with van der Waals surface area (Å²) in [5, 5.41) is 0. The van der Waals surface area contributed by atoms with Gasteiger partial charge >= 0.3 is 0 Å². The lowest BCUT2D eigenvalue weighted by atomic mass is 10.1. The summed E-state index contributed by atoms with van der Waals surface area (Å²) in [6, 6.07) is 29.3. The van der Waals surface area contributed by atoms with Gasteiger partial charge in [0.25, 0.3) is 5.71 Å². The highest BCUT2D eigenvalue weighted by molar-refractivity contribution is 6.10. The van der Waals surface area contributed by atoms with Crippen LogP contribution in [-0.2, 0) is 13.1 Å². The van der Waals surface area contributed by atoms with Crippen molar-refractivity contribution in [3.63, 3.8) is 0 Å². The molecular weight excluding hydrogens is 290 g/mol. The number of fused-ring (bicyclic) bond motifs is 1. The second kappa shape index (κ2) is 6.56. The zero-order valence-electron chi connectivity index (χ0n) is 13.4. The minimum Gasteiger partial charge on any atom is -0.213 e. The summed E-state index contributed by atoms with van der Waals surface area (Å²) in [6.45, 7) is 1.84. The largest absolute Gasteiger partial charge is 0.259 e. The second-order valence-electron chi connectivity index (χ2n) is 5.96. The van der Waals surface area contributed by atoms with Gasteiger partial charge in [0.05, 0.1) is 5.56 Å². The molecule has 3 aromatic carbocycles. The number of rotatable bonds is 1. The molecule has 1 heterocycles. The molecule has 0 aromatic heterocycles. The number of nitrogens with zero attached hydrogens (tertiary/aromatic N) is 1. The summed E-state index contributed by atoms with van der Waals surface area (Å²) in [5.41, 5.74) is 6.10. The molecule has 1 aliphatic rings. The van der Waals surface area contributed by atoms with Gasteiger partial charge in [-0.2, -0.15) is 0 Å². The first-order valence-electron chi connectivity index (χ1n) is 8.21. The maximum Gasteiger partial charge on any atom is 0.259 e. The van der Waals surface area contributed by atoms with Crippen molar-refractivity contribution in [3.8, 4) is 11.8 Å². The molecule has 0 aliphatic carbocycles. The third kappa shape index (κ3) is 3.00. The van der Waals surface area contributed by atoms with Crippen molar-refractivity contribution in [2.24, 2.45) is 0 Å². The highest BCUT2D eigenvalue weighted by atomic mass is 15.0. The van der Waals surface area contributed by atoms with Crippen LogP contribution in [-0.4, -0.2) is 10.3 Å². The fraction of sp³-hybridized carbons (Fsp3) is 0.0870. The van der Waals surface area contributed by atoms with Gasteiger partial charge in [-0.3, -0.25) is 0 Å². The van der Waals surface area contributed by atoms with E-state index in [0.29, 0.717) is 0 Å². The van der Waals surface area contributed by atoms with Crippen LogP contribution in [0.2, 0.25) is 0 Å². The van der Waals surface area contributed by atoms with E-state index in [1.807, 2.05) is 36.4 Å². The van der Waals surface area contributed by atoms with Crippen LogP contribution >= 0.6 is 0 Å². The van der Waals surface area contributed by atoms with E-state index < -0.39 is 0 Å². The molecule has 0 atom stereocenters. The normalized spacial score (nSPS) is 12.2. The Morgan fingerprint density at radius 2 is 1.21 bits per heavy atom. The standard InChI is InChI=1S/C23H18N/c1-3-9-19(10-4-1)15-16-23(20-11-5-2-6-12-20)24-17-21-13-7-8-14-22(21)18-24/h1-14H,17-18H2/q+1. The minimum absolute atomic E-state index is 0.921. The smallest absolute Gasteiger partial charge is 0.213 e. The molecule has 0 N–H and O–H groups in total. The molecule has 0 spiro atoms. The lowest BCUT2D eigenvalue weighted by molar-refractivity contribution is -0.547. The molecule has 1 aliphatic heterocycles. The molecular formula is C23H18N+. The molecule has 0 fully saturated rings. The number of hydrogen-bond donors (Lipinski definition) is 0. The summed E-state index contributed by atoms with van der Waals surface area (Å²) in [4.78, 5) is 0. The van der Waals surface area contributed by atoms with Gasteiger partial charge < -0.3 is 0 Å². The molecule has 0 saturated carbocycles. The molecule has 0 bridgehead atoms. The third-order valence-corrected chi connectivity index (χ3v) is 4.30. The molecule has 1 heteroatoms. The predicted octanol–water partition coefficient (Wildman–Crippen LogP) is 4.25. The molecule has 0 radical (unpaired) electrons.